The molecule has 5 heteroatoms. The van der Waals surface area contributed by atoms with Crippen LogP contribution < -0.4 is 10.1 Å². The van der Waals surface area contributed by atoms with Crippen LogP contribution in [0.15, 0.2) is 48.7 Å². The molecule has 1 amide bonds. The Hall–Kier alpha value is -2.40. The minimum atomic E-state index is -0.0980. The predicted molar refractivity (Wildman–Crippen MR) is 89.3 cm³/mol. The molecule has 0 saturated carbocycles. The molecule has 2 heterocycles. The maximum absolute atomic E-state index is 12.6. The van der Waals surface area contributed by atoms with Crippen molar-refractivity contribution in [1.82, 2.24) is 9.88 Å². The van der Waals surface area contributed by atoms with E-state index in [2.05, 4.69) is 15.2 Å². The summed E-state index contributed by atoms with van der Waals surface area (Å²) in [5.41, 5.74) is 1.79. The number of anilines is 1. The lowest BCUT2D eigenvalue weighted by Crippen LogP contribution is -2.39. The van der Waals surface area contributed by atoms with Gasteiger partial charge in [-0.3, -0.25) is 14.7 Å². The number of ether oxygens (including phenoxy) is 1. The van der Waals surface area contributed by atoms with Crippen LogP contribution in [0.3, 0.4) is 0 Å². The number of benzene rings is 1. The van der Waals surface area contributed by atoms with E-state index in [0.717, 1.165) is 36.5 Å². The van der Waals surface area contributed by atoms with E-state index in [1.807, 2.05) is 42.5 Å². The van der Waals surface area contributed by atoms with Gasteiger partial charge in [-0.2, -0.15) is 0 Å². The van der Waals surface area contributed by atoms with Gasteiger partial charge in [0.25, 0.3) is 0 Å². The average molecular weight is 311 g/mol. The van der Waals surface area contributed by atoms with Gasteiger partial charge < -0.3 is 10.1 Å². The molecule has 5 nitrogen and oxygen atoms in total. The van der Waals surface area contributed by atoms with E-state index in [4.69, 9.17) is 4.74 Å². The number of amides is 1. The molecule has 1 saturated heterocycles. The monoisotopic (exact) mass is 311 g/mol. The van der Waals surface area contributed by atoms with Gasteiger partial charge in [0.05, 0.1) is 18.8 Å². The summed E-state index contributed by atoms with van der Waals surface area (Å²) in [7, 11) is 1.63. The lowest BCUT2D eigenvalue weighted by molar-refractivity contribution is -0.120. The number of aromatic nitrogens is 1. The zero-order valence-electron chi connectivity index (χ0n) is 13.2. The summed E-state index contributed by atoms with van der Waals surface area (Å²) in [6.07, 6.45) is 3.71. The number of rotatable bonds is 5. The number of methoxy groups -OCH3 is 1. The topological polar surface area (TPSA) is 54.5 Å². The van der Waals surface area contributed by atoms with Crippen molar-refractivity contribution in [2.75, 3.05) is 19.0 Å². The second-order valence-electron chi connectivity index (χ2n) is 5.67. The minimum Gasteiger partial charge on any atom is -0.497 e. The van der Waals surface area contributed by atoms with Crippen molar-refractivity contribution in [2.45, 2.75) is 25.4 Å². The van der Waals surface area contributed by atoms with E-state index in [0.29, 0.717) is 6.54 Å². The second kappa shape index (κ2) is 7.24. The third-order valence-electron chi connectivity index (χ3n) is 4.12. The quantitative estimate of drug-likeness (QED) is 0.922. The van der Waals surface area contributed by atoms with Crippen molar-refractivity contribution in [3.8, 4) is 5.75 Å². The maximum atomic E-state index is 12.6. The zero-order valence-corrected chi connectivity index (χ0v) is 13.2. The highest BCUT2D eigenvalue weighted by Gasteiger charge is 2.30. The summed E-state index contributed by atoms with van der Waals surface area (Å²) in [5, 5.41) is 2.99. The van der Waals surface area contributed by atoms with Gasteiger partial charge in [-0.15, -0.1) is 0 Å². The number of hydrogen-bond acceptors (Lipinski definition) is 4. The Balaban J connectivity index is 1.63. The molecule has 1 atom stereocenters. The van der Waals surface area contributed by atoms with Crippen molar-refractivity contribution < 1.29 is 9.53 Å². The molecule has 120 valence electrons. The smallest absolute Gasteiger partial charge is 0.241 e. The van der Waals surface area contributed by atoms with Crippen LogP contribution in [0.4, 0.5) is 5.69 Å². The van der Waals surface area contributed by atoms with Crippen LogP contribution in [0, 0.1) is 0 Å². The van der Waals surface area contributed by atoms with Crippen molar-refractivity contribution in [3.05, 3.63) is 54.4 Å². The van der Waals surface area contributed by atoms with Crippen LogP contribution >= 0.6 is 0 Å². The third-order valence-corrected chi connectivity index (χ3v) is 4.12. The molecule has 1 aliphatic heterocycles. The Morgan fingerprint density at radius 1 is 1.30 bits per heavy atom. The summed E-state index contributed by atoms with van der Waals surface area (Å²) in [4.78, 5) is 19.1. The van der Waals surface area contributed by atoms with Crippen LogP contribution in [-0.2, 0) is 11.3 Å². The number of nitrogens with zero attached hydrogens (tertiary/aromatic N) is 2. The number of carbonyl (C=O) groups is 1. The first-order valence-corrected chi connectivity index (χ1v) is 7.85. The minimum absolute atomic E-state index is 0.0450. The van der Waals surface area contributed by atoms with E-state index >= 15 is 0 Å². The van der Waals surface area contributed by atoms with Gasteiger partial charge in [-0.05, 0) is 55.8 Å². The molecule has 2 aromatic rings. The van der Waals surface area contributed by atoms with Crippen LogP contribution in [0.1, 0.15) is 18.5 Å². The Morgan fingerprint density at radius 2 is 2.13 bits per heavy atom. The fraction of sp³-hybridized carbons (Fsp3) is 0.333. The van der Waals surface area contributed by atoms with Crippen molar-refractivity contribution in [1.29, 1.82) is 0 Å². The summed E-state index contributed by atoms with van der Waals surface area (Å²) in [6.45, 7) is 1.64. The molecule has 23 heavy (non-hydrogen) atoms. The molecule has 0 unspecified atom stereocenters. The second-order valence-corrected chi connectivity index (χ2v) is 5.67. The molecular formula is C18H21N3O2. The first kappa shape index (κ1) is 15.5. The standard InChI is InChI=1S/C18H21N3O2/c1-23-16-9-7-14(8-10-16)20-18(22)17-6-4-12-21(17)13-15-5-2-3-11-19-15/h2-3,5,7-11,17H,4,6,12-13H2,1H3,(H,20,22)/t17-/m0/s1. The molecule has 0 spiro atoms. The number of hydrogen-bond donors (Lipinski definition) is 1. The number of carbonyl (C=O) groups excluding carboxylic acids is 1. The molecule has 1 aromatic heterocycles. The van der Waals surface area contributed by atoms with Gasteiger partial charge in [0, 0.05) is 18.4 Å². The van der Waals surface area contributed by atoms with Gasteiger partial charge in [0.15, 0.2) is 0 Å². The largest absolute Gasteiger partial charge is 0.497 e. The van der Waals surface area contributed by atoms with E-state index < -0.39 is 0 Å². The fourth-order valence-electron chi connectivity index (χ4n) is 2.91. The molecule has 1 N–H and O–H groups in total. The Kier molecular flexibility index (Phi) is 4.88. The Morgan fingerprint density at radius 3 is 2.83 bits per heavy atom. The lowest BCUT2D eigenvalue weighted by atomic mass is 10.2. The van der Waals surface area contributed by atoms with Crippen LogP contribution in [0.25, 0.3) is 0 Å². The number of pyridine rings is 1. The van der Waals surface area contributed by atoms with Gasteiger partial charge >= 0.3 is 0 Å². The van der Waals surface area contributed by atoms with Crippen molar-refractivity contribution >= 4 is 11.6 Å². The average Bonchev–Trinajstić information content (AvgIpc) is 3.05. The summed E-state index contributed by atoms with van der Waals surface area (Å²) in [5.74, 6) is 0.823. The third kappa shape index (κ3) is 3.87. The molecule has 0 bridgehead atoms. The highest BCUT2D eigenvalue weighted by atomic mass is 16.5. The zero-order chi connectivity index (χ0) is 16.1. The van der Waals surface area contributed by atoms with Gasteiger partial charge in [0.2, 0.25) is 5.91 Å². The molecule has 1 fully saturated rings. The number of nitrogens with one attached hydrogen (secondary N) is 1. The normalized spacial score (nSPS) is 17.9. The molecule has 0 aliphatic carbocycles. The Labute approximate surface area is 136 Å². The summed E-state index contributed by atoms with van der Waals surface area (Å²) < 4.78 is 5.13. The molecule has 1 aliphatic rings. The SMILES string of the molecule is COc1ccc(NC(=O)[C@@H]2CCCN2Cc2ccccn2)cc1. The number of likely N-dealkylation sites (tertiary alicyclic amines) is 1. The van der Waals surface area contributed by atoms with Crippen molar-refractivity contribution in [3.63, 3.8) is 0 Å². The predicted octanol–water partition coefficient (Wildman–Crippen LogP) is 2.69. The first-order chi connectivity index (χ1) is 11.3. The van der Waals surface area contributed by atoms with E-state index in [1.54, 1.807) is 13.3 Å². The summed E-state index contributed by atoms with van der Waals surface area (Å²) in [6, 6.07) is 13.2. The van der Waals surface area contributed by atoms with Crippen LogP contribution in [-0.4, -0.2) is 35.5 Å². The molecule has 0 radical (unpaired) electrons. The van der Waals surface area contributed by atoms with E-state index in [-0.39, 0.29) is 11.9 Å². The maximum Gasteiger partial charge on any atom is 0.241 e. The molecule has 1 aromatic carbocycles. The van der Waals surface area contributed by atoms with E-state index in [9.17, 15) is 4.79 Å². The summed E-state index contributed by atoms with van der Waals surface area (Å²) >= 11 is 0. The van der Waals surface area contributed by atoms with Gasteiger partial charge in [-0.1, -0.05) is 6.07 Å². The van der Waals surface area contributed by atoms with Crippen LogP contribution in [0.2, 0.25) is 0 Å². The fourth-order valence-corrected chi connectivity index (χ4v) is 2.91. The highest BCUT2D eigenvalue weighted by molar-refractivity contribution is 5.95. The highest BCUT2D eigenvalue weighted by Crippen LogP contribution is 2.22. The first-order valence-electron chi connectivity index (χ1n) is 7.85. The van der Waals surface area contributed by atoms with E-state index in [1.165, 1.54) is 0 Å². The molecular weight excluding hydrogens is 290 g/mol. The Bertz CT molecular complexity index is 643. The lowest BCUT2D eigenvalue weighted by Gasteiger charge is -2.23. The van der Waals surface area contributed by atoms with Gasteiger partial charge in [0.1, 0.15) is 5.75 Å². The van der Waals surface area contributed by atoms with Crippen LogP contribution in [0.5, 0.6) is 5.75 Å². The van der Waals surface area contributed by atoms with Crippen molar-refractivity contribution in [2.24, 2.45) is 0 Å². The molecule has 3 rings (SSSR count). The van der Waals surface area contributed by atoms with Gasteiger partial charge in [-0.25, -0.2) is 0 Å².